The molecule has 2 aromatic rings. The molecule has 1 N–H and O–H groups in total. The van der Waals surface area contributed by atoms with Crippen molar-refractivity contribution in [3.8, 4) is 5.75 Å². The number of aliphatic hydroxyl groups is 1. The summed E-state index contributed by atoms with van der Waals surface area (Å²) in [6, 6.07) is 7.57. The molecule has 0 aliphatic rings. The molecule has 0 amide bonds. The summed E-state index contributed by atoms with van der Waals surface area (Å²) in [4.78, 5) is 0. The maximum atomic E-state index is 13.9. The summed E-state index contributed by atoms with van der Waals surface area (Å²) in [6.07, 6.45) is -0.745. The lowest BCUT2D eigenvalue weighted by Crippen LogP contribution is -2.05. The second kappa shape index (κ2) is 6.85. The van der Waals surface area contributed by atoms with E-state index in [4.69, 9.17) is 4.74 Å². The molecule has 0 aromatic heterocycles. The third-order valence-electron chi connectivity index (χ3n) is 2.94. The molecule has 0 bridgehead atoms. The van der Waals surface area contributed by atoms with Gasteiger partial charge in [-0.3, -0.25) is 0 Å². The van der Waals surface area contributed by atoms with Crippen molar-refractivity contribution in [2.24, 2.45) is 0 Å². The fraction of sp³-hybridized carbons (Fsp3) is 0.200. The molecule has 2 nitrogen and oxygen atoms in total. The van der Waals surface area contributed by atoms with E-state index in [2.05, 4.69) is 31.9 Å². The monoisotopic (exact) mass is 420 g/mol. The molecule has 6 heteroatoms. The molecular weight excluding hydrogens is 410 g/mol. The van der Waals surface area contributed by atoms with Gasteiger partial charge in [0.2, 0.25) is 0 Å². The van der Waals surface area contributed by atoms with Gasteiger partial charge in [-0.2, -0.15) is 0 Å². The minimum absolute atomic E-state index is 0.166. The van der Waals surface area contributed by atoms with Gasteiger partial charge in [0.05, 0.1) is 16.1 Å². The van der Waals surface area contributed by atoms with Crippen molar-refractivity contribution in [3.63, 3.8) is 0 Å². The van der Waals surface area contributed by atoms with E-state index in [-0.39, 0.29) is 16.6 Å². The second-order valence-corrected chi connectivity index (χ2v) is 6.24. The van der Waals surface area contributed by atoms with Crippen LogP contribution in [0.1, 0.15) is 24.2 Å². The van der Waals surface area contributed by atoms with E-state index in [1.165, 1.54) is 12.1 Å². The fourth-order valence-corrected chi connectivity index (χ4v) is 2.54. The average Bonchev–Trinajstić information content (AvgIpc) is 2.43. The summed E-state index contributed by atoms with van der Waals surface area (Å²) in [7, 11) is 0. The molecule has 0 aliphatic carbocycles. The first kappa shape index (κ1) is 16.4. The van der Waals surface area contributed by atoms with Crippen molar-refractivity contribution < 1.29 is 18.6 Å². The Morgan fingerprint density at radius 3 is 2.57 bits per heavy atom. The number of halogens is 4. The smallest absolute Gasteiger partial charge is 0.146 e. The van der Waals surface area contributed by atoms with Crippen LogP contribution >= 0.6 is 31.9 Å². The topological polar surface area (TPSA) is 29.5 Å². The Hall–Kier alpha value is -0.980. The van der Waals surface area contributed by atoms with Crippen LogP contribution in [0.15, 0.2) is 39.3 Å². The molecule has 0 fully saturated rings. The van der Waals surface area contributed by atoms with Gasteiger partial charge in [-0.15, -0.1) is 0 Å². The van der Waals surface area contributed by atoms with Gasteiger partial charge < -0.3 is 9.84 Å². The highest BCUT2D eigenvalue weighted by atomic mass is 79.9. The summed E-state index contributed by atoms with van der Waals surface area (Å²) >= 11 is 6.31. The van der Waals surface area contributed by atoms with Gasteiger partial charge in [0.15, 0.2) is 0 Å². The molecular formula is C15H12Br2F2O2. The predicted molar refractivity (Wildman–Crippen MR) is 83.2 cm³/mol. The molecule has 0 spiro atoms. The van der Waals surface area contributed by atoms with Crippen LogP contribution in [-0.2, 0) is 6.61 Å². The van der Waals surface area contributed by atoms with Gasteiger partial charge in [-0.25, -0.2) is 8.78 Å². The Kier molecular flexibility index (Phi) is 5.35. The average molecular weight is 422 g/mol. The number of aliphatic hydroxyl groups excluding tert-OH is 1. The summed E-state index contributed by atoms with van der Waals surface area (Å²) in [5, 5.41) is 9.69. The first-order chi connectivity index (χ1) is 9.90. The Labute approximate surface area is 138 Å². The number of benzene rings is 2. The maximum Gasteiger partial charge on any atom is 0.146 e. The lowest BCUT2D eigenvalue weighted by atomic mass is 10.1. The number of hydrogen-bond acceptors (Lipinski definition) is 2. The highest BCUT2D eigenvalue weighted by Crippen LogP contribution is 2.30. The number of hydrogen-bond donors (Lipinski definition) is 1. The molecule has 0 radical (unpaired) electrons. The lowest BCUT2D eigenvalue weighted by Gasteiger charge is -2.15. The Morgan fingerprint density at radius 1 is 1.19 bits per heavy atom. The van der Waals surface area contributed by atoms with E-state index in [9.17, 15) is 13.9 Å². The van der Waals surface area contributed by atoms with Crippen LogP contribution in [0.5, 0.6) is 5.75 Å². The zero-order chi connectivity index (χ0) is 15.6. The van der Waals surface area contributed by atoms with Crippen molar-refractivity contribution in [2.45, 2.75) is 19.6 Å². The van der Waals surface area contributed by atoms with Crippen molar-refractivity contribution in [3.05, 3.63) is 62.0 Å². The van der Waals surface area contributed by atoms with Crippen LogP contribution in [0.2, 0.25) is 0 Å². The van der Waals surface area contributed by atoms with Crippen molar-refractivity contribution in [1.29, 1.82) is 0 Å². The lowest BCUT2D eigenvalue weighted by molar-refractivity contribution is 0.189. The Balaban J connectivity index is 2.29. The van der Waals surface area contributed by atoms with E-state index in [0.717, 1.165) is 4.47 Å². The van der Waals surface area contributed by atoms with E-state index in [1.807, 2.05) is 0 Å². The van der Waals surface area contributed by atoms with Crippen molar-refractivity contribution >= 4 is 31.9 Å². The molecule has 0 heterocycles. The molecule has 0 saturated carbocycles. The summed E-state index contributed by atoms with van der Waals surface area (Å²) in [5.41, 5.74) is 0.384. The van der Waals surface area contributed by atoms with E-state index in [0.29, 0.717) is 11.3 Å². The van der Waals surface area contributed by atoms with Crippen LogP contribution in [-0.4, -0.2) is 5.11 Å². The standard InChI is InChI=1S/C15H12Br2F2O2/c1-8(20)10-3-2-9(16)6-14(10)21-7-11-13(18)5-4-12(17)15(11)19/h2-6,8,20H,7H2,1H3/t8-/m0/s1. The first-order valence-corrected chi connectivity index (χ1v) is 7.71. The van der Waals surface area contributed by atoms with Gasteiger partial charge in [0.1, 0.15) is 24.0 Å². The van der Waals surface area contributed by atoms with Crippen LogP contribution in [0.4, 0.5) is 8.78 Å². The third kappa shape index (κ3) is 3.81. The van der Waals surface area contributed by atoms with Crippen LogP contribution in [0.3, 0.4) is 0 Å². The zero-order valence-corrected chi connectivity index (χ0v) is 14.2. The minimum Gasteiger partial charge on any atom is -0.488 e. The minimum atomic E-state index is -0.745. The molecule has 0 saturated heterocycles. The van der Waals surface area contributed by atoms with E-state index >= 15 is 0 Å². The van der Waals surface area contributed by atoms with Gasteiger partial charge in [0.25, 0.3) is 0 Å². The molecule has 2 rings (SSSR count). The third-order valence-corrected chi connectivity index (χ3v) is 4.04. The highest BCUT2D eigenvalue weighted by molar-refractivity contribution is 9.10. The number of ether oxygens (including phenoxy) is 1. The predicted octanol–water partition coefficient (Wildman–Crippen LogP) is 5.12. The SMILES string of the molecule is C[C@H](O)c1ccc(Br)cc1OCc1c(F)ccc(Br)c1F. The summed E-state index contributed by atoms with van der Waals surface area (Å²) in [5.74, 6) is -0.994. The Bertz CT molecular complexity index is 660. The Morgan fingerprint density at radius 2 is 1.90 bits per heavy atom. The summed E-state index contributed by atoms with van der Waals surface area (Å²) in [6.45, 7) is 1.32. The normalized spacial score (nSPS) is 12.3. The van der Waals surface area contributed by atoms with Crippen molar-refractivity contribution in [2.75, 3.05) is 0 Å². The van der Waals surface area contributed by atoms with Crippen LogP contribution < -0.4 is 4.74 Å². The van der Waals surface area contributed by atoms with Crippen LogP contribution in [0.25, 0.3) is 0 Å². The molecule has 112 valence electrons. The van der Waals surface area contributed by atoms with Gasteiger partial charge in [-0.1, -0.05) is 22.0 Å². The highest BCUT2D eigenvalue weighted by Gasteiger charge is 2.15. The van der Waals surface area contributed by atoms with Gasteiger partial charge in [-0.05, 0) is 47.1 Å². The maximum absolute atomic E-state index is 13.9. The molecule has 0 unspecified atom stereocenters. The largest absolute Gasteiger partial charge is 0.488 e. The quantitative estimate of drug-likeness (QED) is 0.694. The molecule has 21 heavy (non-hydrogen) atoms. The van der Waals surface area contributed by atoms with Crippen LogP contribution in [0, 0.1) is 11.6 Å². The molecule has 1 atom stereocenters. The first-order valence-electron chi connectivity index (χ1n) is 6.13. The zero-order valence-electron chi connectivity index (χ0n) is 11.0. The fourth-order valence-electron chi connectivity index (χ4n) is 1.83. The second-order valence-electron chi connectivity index (χ2n) is 4.47. The van der Waals surface area contributed by atoms with E-state index in [1.54, 1.807) is 25.1 Å². The summed E-state index contributed by atoms with van der Waals surface area (Å²) < 4.78 is 34.0. The van der Waals surface area contributed by atoms with E-state index < -0.39 is 17.7 Å². The number of rotatable bonds is 4. The van der Waals surface area contributed by atoms with Gasteiger partial charge in [0, 0.05) is 10.0 Å². The molecule has 2 aromatic carbocycles. The van der Waals surface area contributed by atoms with Gasteiger partial charge >= 0.3 is 0 Å². The van der Waals surface area contributed by atoms with Crippen molar-refractivity contribution in [1.82, 2.24) is 0 Å². The molecule has 0 aliphatic heterocycles.